The second-order valence-electron chi connectivity index (χ2n) is 6.89. The number of alkyl carbamates (subject to hydrolysis) is 1. The minimum atomic E-state index is -0.486. The molecule has 0 unspecified atom stereocenters. The first-order chi connectivity index (χ1) is 12.3. The molecule has 0 aliphatic carbocycles. The lowest BCUT2D eigenvalue weighted by molar-refractivity contribution is 0.0527. The molecule has 4 N–H and O–H groups in total. The van der Waals surface area contributed by atoms with Crippen molar-refractivity contribution in [2.75, 3.05) is 26.2 Å². The van der Waals surface area contributed by atoms with Gasteiger partial charge in [-0.3, -0.25) is 4.99 Å². The number of hydrogen-bond donors (Lipinski definition) is 4. The van der Waals surface area contributed by atoms with Crippen LogP contribution >= 0.6 is 24.0 Å². The summed E-state index contributed by atoms with van der Waals surface area (Å²) in [5, 5.41) is 18.7. The Bertz CT molecular complexity index is 589. The Morgan fingerprint density at radius 3 is 2.56 bits per heavy atom. The van der Waals surface area contributed by atoms with Crippen LogP contribution in [0.3, 0.4) is 0 Å². The molecule has 0 heterocycles. The molecule has 7 nitrogen and oxygen atoms in total. The van der Waals surface area contributed by atoms with Gasteiger partial charge in [0.15, 0.2) is 5.96 Å². The van der Waals surface area contributed by atoms with E-state index in [9.17, 15) is 9.90 Å². The number of amides is 1. The number of nitrogens with zero attached hydrogens (tertiary/aromatic N) is 1. The fourth-order valence-electron chi connectivity index (χ4n) is 2.15. The lowest BCUT2D eigenvalue weighted by atomic mass is 10.1. The third-order valence-electron chi connectivity index (χ3n) is 3.23. The second kappa shape index (κ2) is 13.5. The number of ether oxygens (including phenoxy) is 1. The monoisotopic (exact) mass is 492 g/mol. The maximum absolute atomic E-state index is 11.5. The van der Waals surface area contributed by atoms with E-state index in [1.54, 1.807) is 12.1 Å². The summed E-state index contributed by atoms with van der Waals surface area (Å²) in [4.78, 5) is 16.0. The van der Waals surface area contributed by atoms with E-state index in [-0.39, 0.29) is 29.7 Å². The van der Waals surface area contributed by atoms with Gasteiger partial charge in [0.2, 0.25) is 0 Å². The van der Waals surface area contributed by atoms with Crippen LogP contribution < -0.4 is 16.0 Å². The van der Waals surface area contributed by atoms with Gasteiger partial charge in [-0.25, -0.2) is 4.79 Å². The Hall–Kier alpha value is -1.71. The Balaban J connectivity index is 0.00000676. The van der Waals surface area contributed by atoms with E-state index in [1.807, 2.05) is 39.8 Å². The van der Waals surface area contributed by atoms with E-state index >= 15 is 0 Å². The number of halogens is 1. The van der Waals surface area contributed by atoms with Crippen molar-refractivity contribution < 1.29 is 14.6 Å². The van der Waals surface area contributed by atoms with Crippen LogP contribution in [-0.4, -0.2) is 48.9 Å². The third-order valence-corrected chi connectivity index (χ3v) is 3.23. The van der Waals surface area contributed by atoms with Crippen LogP contribution in [0.15, 0.2) is 29.3 Å². The Morgan fingerprint density at radius 2 is 1.93 bits per heavy atom. The Labute approximate surface area is 179 Å². The second-order valence-corrected chi connectivity index (χ2v) is 6.89. The van der Waals surface area contributed by atoms with E-state index in [0.29, 0.717) is 19.6 Å². The quantitative estimate of drug-likeness (QED) is 0.194. The molecule has 0 fully saturated rings. The molecular weight excluding hydrogens is 459 g/mol. The van der Waals surface area contributed by atoms with E-state index in [2.05, 4.69) is 20.9 Å². The van der Waals surface area contributed by atoms with Gasteiger partial charge < -0.3 is 25.8 Å². The SMILES string of the molecule is CCNC(=NCCCNC(=O)OC(C)(C)C)NCCc1cccc(O)c1.I. The van der Waals surface area contributed by atoms with Crippen molar-refractivity contribution in [1.29, 1.82) is 0 Å². The highest BCUT2D eigenvalue weighted by atomic mass is 127. The molecule has 1 amide bonds. The predicted octanol–water partition coefficient (Wildman–Crippen LogP) is 3.02. The van der Waals surface area contributed by atoms with Gasteiger partial charge in [0.1, 0.15) is 11.4 Å². The molecule has 0 aliphatic heterocycles. The molecule has 0 aliphatic rings. The number of rotatable bonds is 8. The molecule has 0 spiro atoms. The molecule has 0 saturated carbocycles. The van der Waals surface area contributed by atoms with Gasteiger partial charge in [-0.2, -0.15) is 0 Å². The standard InChI is InChI=1S/C19H32N4O3.HI/c1-5-20-17(22-13-10-15-8-6-9-16(24)14-15)21-11-7-12-23-18(25)26-19(2,3)4;/h6,8-9,14,24H,5,7,10-13H2,1-4H3,(H,23,25)(H2,20,21,22);1H. The zero-order valence-corrected chi connectivity index (χ0v) is 19.0. The van der Waals surface area contributed by atoms with E-state index in [4.69, 9.17) is 4.74 Å². The number of phenols is 1. The summed E-state index contributed by atoms with van der Waals surface area (Å²) in [5.74, 6) is 1.02. The third kappa shape index (κ3) is 13.2. The molecule has 0 bridgehead atoms. The summed E-state index contributed by atoms with van der Waals surface area (Å²) < 4.78 is 5.18. The van der Waals surface area contributed by atoms with Gasteiger partial charge in [-0.15, -0.1) is 24.0 Å². The van der Waals surface area contributed by atoms with Crippen LogP contribution in [-0.2, 0) is 11.2 Å². The summed E-state index contributed by atoms with van der Waals surface area (Å²) in [6.07, 6.45) is 1.11. The molecule has 0 aromatic heterocycles. The highest BCUT2D eigenvalue weighted by Crippen LogP contribution is 2.10. The molecular formula is C19H33IN4O3. The van der Waals surface area contributed by atoms with Crippen molar-refractivity contribution in [3.63, 3.8) is 0 Å². The van der Waals surface area contributed by atoms with Crippen molar-refractivity contribution in [1.82, 2.24) is 16.0 Å². The average Bonchev–Trinajstić information content (AvgIpc) is 2.53. The molecule has 8 heteroatoms. The van der Waals surface area contributed by atoms with Crippen molar-refractivity contribution in [2.45, 2.75) is 46.1 Å². The first-order valence-electron chi connectivity index (χ1n) is 9.07. The van der Waals surface area contributed by atoms with E-state index in [1.165, 1.54) is 0 Å². The number of phenolic OH excluding ortho intramolecular Hbond substituents is 1. The van der Waals surface area contributed by atoms with Crippen LogP contribution in [0, 0.1) is 0 Å². The predicted molar refractivity (Wildman–Crippen MR) is 120 cm³/mol. The van der Waals surface area contributed by atoms with Crippen LogP contribution in [0.1, 0.15) is 39.7 Å². The first kappa shape index (κ1) is 25.3. The maximum Gasteiger partial charge on any atom is 0.407 e. The summed E-state index contributed by atoms with van der Waals surface area (Å²) in [6, 6.07) is 7.23. The van der Waals surface area contributed by atoms with Crippen molar-refractivity contribution in [2.24, 2.45) is 4.99 Å². The topological polar surface area (TPSA) is 95.0 Å². The van der Waals surface area contributed by atoms with E-state index < -0.39 is 11.7 Å². The minimum absolute atomic E-state index is 0. The fraction of sp³-hybridized carbons (Fsp3) is 0.579. The Kier molecular flexibility index (Phi) is 12.6. The number of carbonyl (C=O) groups is 1. The number of guanidine groups is 1. The lowest BCUT2D eigenvalue weighted by Gasteiger charge is -2.19. The van der Waals surface area contributed by atoms with E-state index in [0.717, 1.165) is 30.9 Å². The summed E-state index contributed by atoms with van der Waals surface area (Å²) >= 11 is 0. The molecule has 1 aromatic carbocycles. The molecule has 0 atom stereocenters. The minimum Gasteiger partial charge on any atom is -0.508 e. The summed E-state index contributed by atoms with van der Waals surface area (Å²) in [6.45, 7) is 10.1. The average molecular weight is 492 g/mol. The van der Waals surface area contributed by atoms with Gasteiger partial charge in [0, 0.05) is 26.2 Å². The van der Waals surface area contributed by atoms with Gasteiger partial charge in [-0.05, 0) is 58.2 Å². The fourth-order valence-corrected chi connectivity index (χ4v) is 2.15. The van der Waals surface area contributed by atoms with Gasteiger partial charge in [0.05, 0.1) is 0 Å². The zero-order chi connectivity index (χ0) is 19.4. The largest absolute Gasteiger partial charge is 0.508 e. The molecule has 154 valence electrons. The highest BCUT2D eigenvalue weighted by molar-refractivity contribution is 14.0. The normalized spacial score (nSPS) is 11.3. The van der Waals surface area contributed by atoms with Crippen molar-refractivity contribution >= 4 is 36.0 Å². The van der Waals surface area contributed by atoms with Crippen molar-refractivity contribution in [3.05, 3.63) is 29.8 Å². The number of aromatic hydroxyl groups is 1. The number of hydrogen-bond acceptors (Lipinski definition) is 4. The maximum atomic E-state index is 11.5. The first-order valence-corrected chi connectivity index (χ1v) is 9.07. The number of nitrogens with one attached hydrogen (secondary N) is 3. The summed E-state index contributed by atoms with van der Waals surface area (Å²) in [7, 11) is 0. The van der Waals surface area contributed by atoms with Crippen LogP contribution in [0.4, 0.5) is 4.79 Å². The lowest BCUT2D eigenvalue weighted by Crippen LogP contribution is -2.38. The van der Waals surface area contributed by atoms with Crippen LogP contribution in [0.25, 0.3) is 0 Å². The number of aliphatic imine (C=N–C) groups is 1. The van der Waals surface area contributed by atoms with Gasteiger partial charge in [-0.1, -0.05) is 12.1 Å². The molecule has 27 heavy (non-hydrogen) atoms. The van der Waals surface area contributed by atoms with Gasteiger partial charge >= 0.3 is 6.09 Å². The number of benzene rings is 1. The zero-order valence-electron chi connectivity index (χ0n) is 16.7. The molecule has 1 rings (SSSR count). The van der Waals surface area contributed by atoms with Crippen LogP contribution in [0.5, 0.6) is 5.75 Å². The number of carbonyl (C=O) groups excluding carboxylic acids is 1. The molecule has 0 radical (unpaired) electrons. The Morgan fingerprint density at radius 1 is 1.19 bits per heavy atom. The summed E-state index contributed by atoms with van der Waals surface area (Å²) in [5.41, 5.74) is 0.579. The molecule has 0 saturated heterocycles. The smallest absolute Gasteiger partial charge is 0.407 e. The van der Waals surface area contributed by atoms with Gasteiger partial charge in [0.25, 0.3) is 0 Å². The van der Waals surface area contributed by atoms with Crippen LogP contribution in [0.2, 0.25) is 0 Å². The molecule has 1 aromatic rings. The highest BCUT2D eigenvalue weighted by Gasteiger charge is 2.15. The van der Waals surface area contributed by atoms with Crippen molar-refractivity contribution in [3.8, 4) is 5.75 Å².